The number of nitrogens with zero attached hydrogens (tertiary/aromatic N) is 1. The number of anilines is 2. The Morgan fingerprint density at radius 1 is 1.15 bits per heavy atom. The lowest BCUT2D eigenvalue weighted by Gasteiger charge is -2.20. The molecule has 0 unspecified atom stereocenters. The zero-order valence-corrected chi connectivity index (χ0v) is 15.5. The number of rotatable bonds is 6. The fourth-order valence-corrected chi connectivity index (χ4v) is 3.93. The summed E-state index contributed by atoms with van der Waals surface area (Å²) in [6.45, 7) is 0.511. The monoisotopic (exact) mass is 372 g/mol. The molecule has 0 aliphatic heterocycles. The second-order valence-electron chi connectivity index (χ2n) is 6.52. The van der Waals surface area contributed by atoms with E-state index in [2.05, 4.69) is 15.6 Å². The zero-order valence-electron chi connectivity index (χ0n) is 14.7. The molecule has 2 amide bonds. The van der Waals surface area contributed by atoms with Crippen molar-refractivity contribution in [3.8, 4) is 0 Å². The van der Waals surface area contributed by atoms with Gasteiger partial charge in [-0.3, -0.25) is 9.59 Å². The lowest BCUT2D eigenvalue weighted by atomic mass is 9.88. The minimum absolute atomic E-state index is 0.0686. The van der Waals surface area contributed by atoms with Gasteiger partial charge in [-0.05, 0) is 37.6 Å². The van der Waals surface area contributed by atoms with E-state index in [1.807, 2.05) is 12.1 Å². The summed E-state index contributed by atoms with van der Waals surface area (Å²) in [4.78, 5) is 29.0. The molecule has 0 atom stereocenters. The summed E-state index contributed by atoms with van der Waals surface area (Å²) in [5, 5.41) is 8.38. The first-order valence-electron chi connectivity index (χ1n) is 9.02. The van der Waals surface area contributed by atoms with Crippen molar-refractivity contribution < 1.29 is 9.59 Å². The van der Waals surface area contributed by atoms with E-state index >= 15 is 0 Å². The van der Waals surface area contributed by atoms with Gasteiger partial charge in [-0.1, -0.05) is 25.3 Å². The first-order chi connectivity index (χ1) is 12.7. The third-order valence-corrected chi connectivity index (χ3v) is 5.42. The number of nitrogens with two attached hydrogens (primary N) is 1. The van der Waals surface area contributed by atoms with Crippen molar-refractivity contribution in [2.24, 2.45) is 11.7 Å². The molecule has 2 aromatic rings. The standard InChI is InChI=1S/C19H24N4O2S/c20-10-9-17-23-16(12-26-17)19(25)22-15-8-4-7-14(11-15)21-18(24)13-5-2-1-3-6-13/h4,7-8,11-13H,1-3,5-6,9-10,20H2,(H,21,24)(H,22,25). The molecule has 0 saturated heterocycles. The predicted molar refractivity (Wildman–Crippen MR) is 104 cm³/mol. The van der Waals surface area contributed by atoms with Crippen LogP contribution in [0.15, 0.2) is 29.6 Å². The third kappa shape index (κ3) is 4.89. The van der Waals surface area contributed by atoms with Gasteiger partial charge in [-0.25, -0.2) is 4.98 Å². The zero-order chi connectivity index (χ0) is 18.4. The van der Waals surface area contributed by atoms with Gasteiger partial charge < -0.3 is 16.4 Å². The first kappa shape index (κ1) is 18.5. The number of carbonyl (C=O) groups is 2. The Bertz CT molecular complexity index is 768. The second kappa shape index (κ2) is 8.91. The summed E-state index contributed by atoms with van der Waals surface area (Å²) < 4.78 is 0. The Kier molecular flexibility index (Phi) is 6.35. The summed E-state index contributed by atoms with van der Waals surface area (Å²) >= 11 is 1.43. The minimum atomic E-state index is -0.264. The number of thiazole rings is 1. The van der Waals surface area contributed by atoms with Crippen LogP contribution in [0.2, 0.25) is 0 Å². The molecule has 1 fully saturated rings. The molecule has 6 nitrogen and oxygen atoms in total. The van der Waals surface area contributed by atoms with Crippen LogP contribution in [-0.2, 0) is 11.2 Å². The molecule has 1 saturated carbocycles. The van der Waals surface area contributed by atoms with E-state index < -0.39 is 0 Å². The summed E-state index contributed by atoms with van der Waals surface area (Å²) in [5.41, 5.74) is 7.22. The predicted octanol–water partition coefficient (Wildman–Crippen LogP) is 3.42. The van der Waals surface area contributed by atoms with E-state index in [-0.39, 0.29) is 17.7 Å². The van der Waals surface area contributed by atoms with Gasteiger partial charge in [0, 0.05) is 29.1 Å². The van der Waals surface area contributed by atoms with Crippen LogP contribution in [0.25, 0.3) is 0 Å². The van der Waals surface area contributed by atoms with E-state index in [1.54, 1.807) is 17.5 Å². The van der Waals surface area contributed by atoms with Gasteiger partial charge in [0.1, 0.15) is 5.69 Å². The molecule has 1 aliphatic rings. The summed E-state index contributed by atoms with van der Waals surface area (Å²) in [6.07, 6.45) is 6.03. The minimum Gasteiger partial charge on any atom is -0.330 e. The lowest BCUT2D eigenvalue weighted by Crippen LogP contribution is -2.24. The quantitative estimate of drug-likeness (QED) is 0.724. The topological polar surface area (TPSA) is 97.1 Å². The average molecular weight is 372 g/mol. The van der Waals surface area contributed by atoms with E-state index in [0.717, 1.165) is 30.7 Å². The van der Waals surface area contributed by atoms with Gasteiger partial charge >= 0.3 is 0 Å². The van der Waals surface area contributed by atoms with Crippen molar-refractivity contribution in [3.63, 3.8) is 0 Å². The number of benzene rings is 1. The molecule has 1 aromatic heterocycles. The first-order valence-corrected chi connectivity index (χ1v) is 9.90. The fourth-order valence-electron chi connectivity index (χ4n) is 3.13. The summed E-state index contributed by atoms with van der Waals surface area (Å²) in [7, 11) is 0. The molecule has 0 bridgehead atoms. The van der Waals surface area contributed by atoms with Crippen LogP contribution in [0.1, 0.15) is 47.6 Å². The molecule has 4 N–H and O–H groups in total. The van der Waals surface area contributed by atoms with Crippen LogP contribution in [0.3, 0.4) is 0 Å². The highest BCUT2D eigenvalue weighted by molar-refractivity contribution is 7.09. The number of hydrogen-bond donors (Lipinski definition) is 3. The SMILES string of the molecule is NCCc1nc(C(=O)Nc2cccc(NC(=O)C3CCCCC3)c2)cs1. The van der Waals surface area contributed by atoms with E-state index in [1.165, 1.54) is 17.8 Å². The Balaban J connectivity index is 1.61. The van der Waals surface area contributed by atoms with Gasteiger partial charge in [0.25, 0.3) is 5.91 Å². The highest BCUT2D eigenvalue weighted by atomic mass is 32.1. The third-order valence-electron chi connectivity index (χ3n) is 4.51. The van der Waals surface area contributed by atoms with E-state index in [0.29, 0.717) is 30.0 Å². The van der Waals surface area contributed by atoms with Gasteiger partial charge in [0.2, 0.25) is 5.91 Å². The Labute approximate surface area is 157 Å². The molecule has 26 heavy (non-hydrogen) atoms. The lowest BCUT2D eigenvalue weighted by molar-refractivity contribution is -0.120. The van der Waals surface area contributed by atoms with Gasteiger partial charge in [-0.2, -0.15) is 0 Å². The summed E-state index contributed by atoms with van der Waals surface area (Å²) in [5.74, 6) is -0.0997. The highest BCUT2D eigenvalue weighted by Gasteiger charge is 2.21. The van der Waals surface area contributed by atoms with Crippen molar-refractivity contribution in [1.82, 2.24) is 4.98 Å². The van der Waals surface area contributed by atoms with Crippen molar-refractivity contribution in [2.75, 3.05) is 17.2 Å². The average Bonchev–Trinajstić information content (AvgIpc) is 3.12. The van der Waals surface area contributed by atoms with Crippen LogP contribution in [0.5, 0.6) is 0 Å². The number of aromatic nitrogens is 1. The van der Waals surface area contributed by atoms with E-state index in [9.17, 15) is 9.59 Å². The molecule has 1 heterocycles. The molecular formula is C19H24N4O2S. The molecule has 7 heteroatoms. The van der Waals surface area contributed by atoms with Crippen LogP contribution in [0, 0.1) is 5.92 Å². The molecule has 0 radical (unpaired) electrons. The van der Waals surface area contributed by atoms with E-state index in [4.69, 9.17) is 5.73 Å². The molecule has 1 aliphatic carbocycles. The van der Waals surface area contributed by atoms with Crippen molar-refractivity contribution >= 4 is 34.5 Å². The molecule has 138 valence electrons. The van der Waals surface area contributed by atoms with Crippen LogP contribution < -0.4 is 16.4 Å². The second-order valence-corrected chi connectivity index (χ2v) is 7.47. The van der Waals surface area contributed by atoms with Gasteiger partial charge in [0.15, 0.2) is 0 Å². The number of hydrogen-bond acceptors (Lipinski definition) is 5. The maximum Gasteiger partial charge on any atom is 0.275 e. The van der Waals surface area contributed by atoms with Crippen molar-refractivity contribution in [3.05, 3.63) is 40.3 Å². The van der Waals surface area contributed by atoms with Crippen molar-refractivity contribution in [1.29, 1.82) is 0 Å². The molecule has 0 spiro atoms. The highest BCUT2D eigenvalue weighted by Crippen LogP contribution is 2.25. The number of nitrogens with one attached hydrogen (secondary N) is 2. The Hall–Kier alpha value is -2.25. The molecular weight excluding hydrogens is 348 g/mol. The maximum atomic E-state index is 12.4. The van der Waals surface area contributed by atoms with Crippen LogP contribution in [-0.4, -0.2) is 23.3 Å². The Morgan fingerprint density at radius 3 is 2.62 bits per heavy atom. The maximum absolute atomic E-state index is 12.4. The Morgan fingerprint density at radius 2 is 1.88 bits per heavy atom. The largest absolute Gasteiger partial charge is 0.330 e. The van der Waals surface area contributed by atoms with Crippen LogP contribution >= 0.6 is 11.3 Å². The fraction of sp³-hybridized carbons (Fsp3) is 0.421. The van der Waals surface area contributed by atoms with Crippen molar-refractivity contribution in [2.45, 2.75) is 38.5 Å². The molecule has 3 rings (SSSR count). The number of carbonyl (C=O) groups excluding carboxylic acids is 2. The molecule has 1 aromatic carbocycles. The van der Waals surface area contributed by atoms with Crippen LogP contribution in [0.4, 0.5) is 11.4 Å². The van der Waals surface area contributed by atoms with Gasteiger partial charge in [0.05, 0.1) is 5.01 Å². The number of amides is 2. The normalized spacial score (nSPS) is 14.8. The van der Waals surface area contributed by atoms with Gasteiger partial charge in [-0.15, -0.1) is 11.3 Å². The summed E-state index contributed by atoms with van der Waals surface area (Å²) in [6, 6.07) is 7.21. The smallest absolute Gasteiger partial charge is 0.275 e.